The van der Waals surface area contributed by atoms with Gasteiger partial charge in [0.05, 0.1) is 0 Å². The van der Waals surface area contributed by atoms with Gasteiger partial charge in [-0.2, -0.15) is 0 Å². The van der Waals surface area contributed by atoms with E-state index in [1.165, 1.54) is 0 Å². The van der Waals surface area contributed by atoms with Gasteiger partial charge in [0.2, 0.25) is 0 Å². The van der Waals surface area contributed by atoms with Gasteiger partial charge >= 0.3 is 59.1 Å². The molecule has 0 bridgehead atoms. The molecule has 0 saturated carbocycles. The molecule has 2 aliphatic heterocycles. The smallest absolute Gasteiger partial charge is 0.550 e. The number of carboxylic acid groups (broad SMARTS) is 2. The second kappa shape index (κ2) is 14.2. The van der Waals surface area contributed by atoms with Crippen molar-refractivity contribution in [1.82, 2.24) is 9.80 Å². The molecule has 35 heavy (non-hydrogen) atoms. The van der Waals surface area contributed by atoms with Gasteiger partial charge in [0.25, 0.3) is 0 Å². The van der Waals surface area contributed by atoms with Crippen molar-refractivity contribution in [2.24, 2.45) is 11.8 Å². The third kappa shape index (κ3) is 7.70. The van der Waals surface area contributed by atoms with Crippen LogP contribution in [-0.4, -0.2) is 34.2 Å². The van der Waals surface area contributed by atoms with Crippen LogP contribution in [0, 0.1) is 11.8 Å². The fourth-order valence-corrected chi connectivity index (χ4v) is 4.34. The number of nitrogens with zero attached hydrogens (tertiary/aromatic N) is 2. The summed E-state index contributed by atoms with van der Waals surface area (Å²) < 4.78 is 6.36. The number of carboxylic acids is 2. The van der Waals surface area contributed by atoms with Gasteiger partial charge in [-0.05, 0) is 36.4 Å². The molecule has 0 saturated heterocycles. The molecule has 0 N–H and O–H groups in total. The van der Waals surface area contributed by atoms with Crippen LogP contribution >= 0.6 is 0 Å². The molecule has 0 spiro atoms. The molecule has 0 aromatic heterocycles. The zero-order valence-corrected chi connectivity index (χ0v) is 24.2. The van der Waals surface area contributed by atoms with E-state index in [2.05, 4.69) is 0 Å². The van der Waals surface area contributed by atoms with Gasteiger partial charge in [0.1, 0.15) is 12.5 Å². The number of hydrogen-bond acceptors (Lipinski definition) is 7. The second-order valence-corrected chi connectivity index (χ2v) is 8.33. The topological polar surface area (TPSA) is 96.0 Å². The van der Waals surface area contributed by atoms with Crippen molar-refractivity contribution in [2.75, 3.05) is 0 Å². The number of rotatable bonds is 8. The number of benzene rings is 2. The van der Waals surface area contributed by atoms with Gasteiger partial charge in [-0.25, -0.2) is 0 Å². The van der Waals surface area contributed by atoms with Crippen molar-refractivity contribution in [3.05, 3.63) is 96.3 Å². The maximum atomic E-state index is 12.0. The van der Waals surface area contributed by atoms with Gasteiger partial charge in [-0.3, -0.25) is 0 Å². The van der Waals surface area contributed by atoms with E-state index >= 15 is 0 Å². The maximum absolute atomic E-state index is 12.0. The summed E-state index contributed by atoms with van der Waals surface area (Å²) in [6.45, 7) is 0.839. The average molecular weight is 492 g/mol. The molecule has 172 valence electrons. The first-order valence-electron chi connectivity index (χ1n) is 11.0. The molecule has 2 heterocycles. The van der Waals surface area contributed by atoms with E-state index in [0.29, 0.717) is 13.1 Å². The van der Waals surface area contributed by atoms with Crippen LogP contribution in [0.15, 0.2) is 85.2 Å². The number of allylic oxidation sites excluding steroid dienone is 2. The zero-order valence-electron chi connectivity index (χ0n) is 20.2. The van der Waals surface area contributed by atoms with Crippen molar-refractivity contribution in [3.63, 3.8) is 0 Å². The minimum Gasteiger partial charge on any atom is -0.550 e. The van der Waals surface area contributed by atoms with Crippen LogP contribution < -0.4 is 69.3 Å². The Labute approximate surface area is 250 Å². The van der Waals surface area contributed by atoms with E-state index in [4.69, 9.17) is 4.74 Å². The molecule has 2 aromatic carbocycles. The first-order valence-corrected chi connectivity index (χ1v) is 11.0. The Morgan fingerprint density at radius 3 is 1.43 bits per heavy atom. The van der Waals surface area contributed by atoms with E-state index in [9.17, 15) is 19.8 Å². The van der Waals surface area contributed by atoms with E-state index in [0.717, 1.165) is 11.1 Å². The van der Waals surface area contributed by atoms with E-state index in [1.807, 2.05) is 73.1 Å². The number of carbonyl (C=O) groups excluding carboxylic acids is 2. The SMILES string of the molecule is O=C([O-])C1CC=CN(Cc2ccccc2)C1OC1C(C(=O)[O-])CC=CN1Cc1ccccc1.[Na+].[Na+]. The van der Waals surface area contributed by atoms with E-state index in [-0.39, 0.29) is 72.0 Å². The van der Waals surface area contributed by atoms with Crippen LogP contribution in [0.2, 0.25) is 0 Å². The largest absolute Gasteiger partial charge is 1.00 e. The van der Waals surface area contributed by atoms with Gasteiger partial charge in [-0.1, -0.05) is 72.8 Å². The fourth-order valence-electron chi connectivity index (χ4n) is 4.34. The van der Waals surface area contributed by atoms with Crippen molar-refractivity contribution in [1.29, 1.82) is 0 Å². The minimum atomic E-state index is -1.23. The molecule has 0 radical (unpaired) electrons. The molecule has 4 unspecified atom stereocenters. The van der Waals surface area contributed by atoms with Crippen LogP contribution in [0.3, 0.4) is 0 Å². The molecular formula is C26H26N2Na2O5. The first kappa shape index (κ1) is 29.6. The third-order valence-corrected chi connectivity index (χ3v) is 6.02. The van der Waals surface area contributed by atoms with Gasteiger partial charge in [-0.15, -0.1) is 0 Å². The van der Waals surface area contributed by atoms with Crippen molar-refractivity contribution in [3.8, 4) is 0 Å². The Balaban J connectivity index is 0.00000216. The number of carbonyl (C=O) groups is 2. The first-order chi connectivity index (χ1) is 16.0. The van der Waals surface area contributed by atoms with Crippen LogP contribution in [0.25, 0.3) is 0 Å². The molecule has 0 amide bonds. The fraction of sp³-hybridized carbons (Fsp3) is 0.308. The molecule has 7 nitrogen and oxygen atoms in total. The summed E-state index contributed by atoms with van der Waals surface area (Å²) in [5, 5.41) is 24.0. The monoisotopic (exact) mass is 492 g/mol. The van der Waals surface area contributed by atoms with Crippen molar-refractivity contribution < 1.29 is 83.7 Å². The van der Waals surface area contributed by atoms with Crippen LogP contribution in [0.4, 0.5) is 0 Å². The summed E-state index contributed by atoms with van der Waals surface area (Å²) in [4.78, 5) is 27.6. The summed E-state index contributed by atoms with van der Waals surface area (Å²) in [7, 11) is 0. The Bertz CT molecular complexity index is 937. The van der Waals surface area contributed by atoms with E-state index < -0.39 is 36.2 Å². The number of hydrogen-bond donors (Lipinski definition) is 0. The molecular weight excluding hydrogens is 466 g/mol. The van der Waals surface area contributed by atoms with Gasteiger partial charge in [0, 0.05) is 36.9 Å². The molecule has 9 heteroatoms. The predicted octanol–water partition coefficient (Wildman–Crippen LogP) is -4.77. The molecule has 0 fully saturated rings. The second-order valence-electron chi connectivity index (χ2n) is 8.33. The predicted molar refractivity (Wildman–Crippen MR) is 117 cm³/mol. The molecule has 0 aliphatic carbocycles. The van der Waals surface area contributed by atoms with Crippen LogP contribution in [0.5, 0.6) is 0 Å². The molecule has 4 rings (SSSR count). The summed E-state index contributed by atoms with van der Waals surface area (Å²) >= 11 is 0. The standard InChI is InChI=1S/C26H28N2O5.2Na/c29-25(30)21-13-7-15-27(17-19-9-3-1-4-10-19)23(21)33-24-22(26(31)32)14-8-16-28(24)18-20-11-5-2-6-12-20;;/h1-12,15-16,21-24H,13-14,17-18H2,(H,29,30)(H,31,32);;/q;2*+1/p-2. The van der Waals surface area contributed by atoms with Gasteiger partial charge in [0.15, 0.2) is 0 Å². The number of aliphatic carboxylic acids is 2. The Hall–Kier alpha value is -1.58. The third-order valence-electron chi connectivity index (χ3n) is 6.02. The van der Waals surface area contributed by atoms with Gasteiger partial charge < -0.3 is 34.3 Å². The average Bonchev–Trinajstić information content (AvgIpc) is 2.82. The van der Waals surface area contributed by atoms with E-state index in [1.54, 1.807) is 22.0 Å². The minimum absolute atomic E-state index is 0. The Kier molecular flexibility index (Phi) is 12.1. The number of ether oxygens (including phenoxy) is 1. The van der Waals surface area contributed by atoms with Crippen molar-refractivity contribution >= 4 is 11.9 Å². The summed E-state index contributed by atoms with van der Waals surface area (Å²) in [5.74, 6) is -4.34. The Morgan fingerprint density at radius 2 is 1.09 bits per heavy atom. The summed E-state index contributed by atoms with van der Waals surface area (Å²) in [5.41, 5.74) is 1.96. The quantitative estimate of drug-likeness (QED) is 0.342. The molecule has 2 aromatic rings. The van der Waals surface area contributed by atoms with Crippen LogP contribution in [-0.2, 0) is 27.4 Å². The molecule has 4 atom stereocenters. The summed E-state index contributed by atoms with van der Waals surface area (Å²) in [6, 6.07) is 19.3. The Morgan fingerprint density at radius 1 is 0.714 bits per heavy atom. The summed E-state index contributed by atoms with van der Waals surface area (Å²) in [6.07, 6.45) is 5.89. The normalized spacial score (nSPS) is 23.2. The van der Waals surface area contributed by atoms with Crippen molar-refractivity contribution in [2.45, 2.75) is 38.4 Å². The molecule has 2 aliphatic rings. The zero-order chi connectivity index (χ0) is 23.2. The maximum Gasteiger partial charge on any atom is 1.00 e. The van der Waals surface area contributed by atoms with Crippen LogP contribution in [0.1, 0.15) is 24.0 Å².